The smallest absolute Gasteiger partial charge is 0.491 e. The van der Waals surface area contributed by atoms with Gasteiger partial charge < -0.3 is 30.3 Å². The van der Waals surface area contributed by atoms with Crippen LogP contribution in [-0.2, 0) is 32.1 Å². The number of amides is 1. The molecule has 0 radical (unpaired) electrons. The molecule has 2 unspecified atom stereocenters. The van der Waals surface area contributed by atoms with Gasteiger partial charge in [-0.3, -0.25) is 9.59 Å². The summed E-state index contributed by atoms with van der Waals surface area (Å²) >= 11 is 1.36. The summed E-state index contributed by atoms with van der Waals surface area (Å²) in [4.78, 5) is 48.6. The molecule has 194 valence electrons. The van der Waals surface area contributed by atoms with Crippen LogP contribution in [0.15, 0.2) is 24.3 Å². The minimum atomic E-state index is -5.48. The molecule has 4 N–H and O–H groups in total. The molecule has 0 saturated heterocycles. The van der Waals surface area contributed by atoms with E-state index in [-0.39, 0.29) is 12.1 Å². The molecule has 10 nitrogen and oxygen atoms in total. The fourth-order valence-electron chi connectivity index (χ4n) is 3.22. The highest BCUT2D eigenvalue weighted by Gasteiger charge is 2.44. The van der Waals surface area contributed by atoms with Crippen molar-refractivity contribution in [2.75, 3.05) is 13.1 Å². The number of nitrogens with one attached hydrogen (secondary N) is 2. The SMILES string of the molecule is CC(=O)C(Oc1cc(C(O)CNC(=O)c2cc3c(s2)CCNC3)ccc1O)C(=O)OC(=O)C(F)(F)F. The number of hydrogen-bond acceptors (Lipinski definition) is 10. The molecule has 2 aromatic rings. The highest BCUT2D eigenvalue weighted by atomic mass is 32.1. The Morgan fingerprint density at radius 3 is 2.58 bits per heavy atom. The van der Waals surface area contributed by atoms with Crippen LogP contribution >= 0.6 is 11.3 Å². The van der Waals surface area contributed by atoms with Crippen molar-refractivity contribution in [1.29, 1.82) is 0 Å². The van der Waals surface area contributed by atoms with E-state index in [2.05, 4.69) is 15.4 Å². The number of carbonyl (C=O) groups excluding carboxylic acids is 4. The molecule has 0 aliphatic carbocycles. The number of thiophene rings is 1. The number of fused-ring (bicyclic) bond motifs is 1. The first kappa shape index (κ1) is 27.1. The summed E-state index contributed by atoms with van der Waals surface area (Å²) in [7, 11) is 0. The van der Waals surface area contributed by atoms with Gasteiger partial charge in [-0.1, -0.05) is 6.07 Å². The topological polar surface area (TPSA) is 151 Å². The van der Waals surface area contributed by atoms with E-state index < -0.39 is 53.5 Å². The highest BCUT2D eigenvalue weighted by molar-refractivity contribution is 7.14. The average Bonchev–Trinajstić information content (AvgIpc) is 3.25. The second-order valence-electron chi connectivity index (χ2n) is 7.75. The lowest BCUT2D eigenvalue weighted by Gasteiger charge is -2.18. The highest BCUT2D eigenvalue weighted by Crippen LogP contribution is 2.31. The van der Waals surface area contributed by atoms with Gasteiger partial charge in [0.2, 0.25) is 0 Å². The fourth-order valence-corrected chi connectivity index (χ4v) is 4.32. The van der Waals surface area contributed by atoms with E-state index in [4.69, 9.17) is 4.74 Å². The molecule has 0 saturated carbocycles. The van der Waals surface area contributed by atoms with Crippen molar-refractivity contribution < 1.29 is 52.0 Å². The van der Waals surface area contributed by atoms with Crippen LogP contribution in [0.5, 0.6) is 11.5 Å². The Balaban J connectivity index is 1.67. The van der Waals surface area contributed by atoms with Gasteiger partial charge in [-0.15, -0.1) is 11.3 Å². The molecular weight excluding hydrogens is 509 g/mol. The predicted octanol–water partition coefficient (Wildman–Crippen LogP) is 1.53. The van der Waals surface area contributed by atoms with Gasteiger partial charge in [-0.25, -0.2) is 9.59 Å². The van der Waals surface area contributed by atoms with Crippen LogP contribution in [0.1, 0.15) is 38.7 Å². The molecule has 1 amide bonds. The Kier molecular flexibility index (Phi) is 8.32. The molecule has 0 spiro atoms. The number of aromatic hydroxyl groups is 1. The lowest BCUT2D eigenvalue weighted by molar-refractivity contribution is -0.203. The number of halogens is 3. The van der Waals surface area contributed by atoms with E-state index in [0.717, 1.165) is 42.5 Å². The Morgan fingerprint density at radius 1 is 1.22 bits per heavy atom. The summed E-state index contributed by atoms with van der Waals surface area (Å²) in [6.07, 6.45) is -8.28. The van der Waals surface area contributed by atoms with Crippen molar-refractivity contribution in [3.63, 3.8) is 0 Å². The number of carbonyl (C=O) groups is 4. The zero-order valence-electron chi connectivity index (χ0n) is 18.7. The van der Waals surface area contributed by atoms with Crippen molar-refractivity contribution in [2.45, 2.75) is 38.3 Å². The van der Waals surface area contributed by atoms with E-state index in [9.17, 15) is 42.6 Å². The molecular formula is C22H21F3N2O8S. The number of benzene rings is 1. The molecule has 1 aromatic carbocycles. The summed E-state index contributed by atoms with van der Waals surface area (Å²) in [6.45, 7) is 2.03. The first-order chi connectivity index (χ1) is 16.9. The zero-order valence-corrected chi connectivity index (χ0v) is 19.5. The molecule has 2 heterocycles. The van der Waals surface area contributed by atoms with Gasteiger partial charge >= 0.3 is 18.1 Å². The van der Waals surface area contributed by atoms with Gasteiger partial charge in [-0.2, -0.15) is 13.2 Å². The molecule has 1 aromatic heterocycles. The van der Waals surface area contributed by atoms with Crippen LogP contribution in [0.25, 0.3) is 0 Å². The first-order valence-corrected chi connectivity index (χ1v) is 11.3. The number of alkyl halides is 3. The van der Waals surface area contributed by atoms with Crippen LogP contribution in [-0.4, -0.2) is 59.2 Å². The maximum Gasteiger partial charge on any atom is 0.491 e. The summed E-state index contributed by atoms with van der Waals surface area (Å²) in [6, 6.07) is 5.10. The summed E-state index contributed by atoms with van der Waals surface area (Å²) in [5.74, 6) is -7.45. The quantitative estimate of drug-likeness (QED) is 0.294. The number of phenols is 1. The minimum Gasteiger partial charge on any atom is -0.504 e. The number of esters is 2. The number of Topliss-reactive ketones (excluding diaryl/α,β-unsaturated/α-hetero) is 1. The van der Waals surface area contributed by atoms with Gasteiger partial charge in [0.1, 0.15) is 0 Å². The Morgan fingerprint density at radius 2 is 1.94 bits per heavy atom. The van der Waals surface area contributed by atoms with Crippen LogP contribution in [0, 0.1) is 0 Å². The van der Waals surface area contributed by atoms with Crippen LogP contribution in [0.3, 0.4) is 0 Å². The lowest BCUT2D eigenvalue weighted by Crippen LogP contribution is -2.39. The minimum absolute atomic E-state index is 0.0832. The third kappa shape index (κ3) is 6.59. The average molecular weight is 530 g/mol. The number of aliphatic hydroxyl groups excluding tert-OH is 1. The molecule has 36 heavy (non-hydrogen) atoms. The van der Waals surface area contributed by atoms with Crippen molar-refractivity contribution in [3.05, 3.63) is 45.1 Å². The number of rotatable bonds is 8. The number of hydrogen-bond donors (Lipinski definition) is 4. The van der Waals surface area contributed by atoms with Crippen molar-refractivity contribution in [2.24, 2.45) is 0 Å². The summed E-state index contributed by atoms with van der Waals surface area (Å²) in [5.41, 5.74) is 1.12. The van der Waals surface area contributed by atoms with E-state index >= 15 is 0 Å². The van der Waals surface area contributed by atoms with Gasteiger partial charge in [0, 0.05) is 24.5 Å². The molecule has 14 heteroatoms. The van der Waals surface area contributed by atoms with E-state index in [0.29, 0.717) is 11.4 Å². The Labute approximate surface area is 206 Å². The second kappa shape index (κ2) is 11.1. The van der Waals surface area contributed by atoms with Crippen LogP contribution in [0.2, 0.25) is 0 Å². The standard InChI is InChI=1S/C22H21F3N2O8S/c1-10(28)18(20(32)35-21(33)22(23,24)25)34-15-6-11(2-3-13(15)29)14(30)9-27-19(31)17-7-12-8-26-5-4-16(12)36-17/h2-3,6-7,14,18,26,29-30H,4-5,8-9H2,1H3,(H,27,31). The Hall–Kier alpha value is -3.49. The fraction of sp³-hybridized carbons (Fsp3) is 0.364. The molecule has 0 bridgehead atoms. The third-order valence-electron chi connectivity index (χ3n) is 5.04. The van der Waals surface area contributed by atoms with Crippen molar-refractivity contribution in [1.82, 2.24) is 10.6 Å². The normalized spacial score (nSPS) is 14.8. The van der Waals surface area contributed by atoms with Gasteiger partial charge in [-0.05, 0) is 42.7 Å². The molecule has 1 aliphatic heterocycles. The van der Waals surface area contributed by atoms with E-state index in [1.807, 2.05) is 0 Å². The third-order valence-corrected chi connectivity index (χ3v) is 6.28. The Bertz CT molecular complexity index is 1160. The van der Waals surface area contributed by atoms with Crippen molar-refractivity contribution in [3.8, 4) is 11.5 Å². The van der Waals surface area contributed by atoms with Gasteiger partial charge in [0.25, 0.3) is 12.0 Å². The van der Waals surface area contributed by atoms with Gasteiger partial charge in [0.05, 0.1) is 11.0 Å². The van der Waals surface area contributed by atoms with E-state index in [1.165, 1.54) is 17.4 Å². The number of phenolic OH excluding ortho intramolecular Hbond substituents is 1. The number of ether oxygens (including phenoxy) is 2. The van der Waals surface area contributed by atoms with Crippen LogP contribution < -0.4 is 15.4 Å². The maximum absolute atomic E-state index is 12.5. The van der Waals surface area contributed by atoms with Gasteiger partial charge in [0.15, 0.2) is 17.3 Å². The number of aliphatic hydroxyl groups is 1. The maximum atomic E-state index is 12.5. The summed E-state index contributed by atoms with van der Waals surface area (Å²) < 4.78 is 45.7. The van der Waals surface area contributed by atoms with Crippen molar-refractivity contribution >= 4 is 35.0 Å². The largest absolute Gasteiger partial charge is 0.504 e. The number of ketones is 1. The molecule has 2 atom stereocenters. The molecule has 3 rings (SSSR count). The lowest BCUT2D eigenvalue weighted by atomic mass is 10.1. The predicted molar refractivity (Wildman–Crippen MR) is 117 cm³/mol. The zero-order chi connectivity index (χ0) is 26.6. The second-order valence-corrected chi connectivity index (χ2v) is 8.89. The van der Waals surface area contributed by atoms with E-state index in [1.54, 1.807) is 6.07 Å². The molecule has 1 aliphatic rings. The monoisotopic (exact) mass is 530 g/mol. The molecule has 0 fully saturated rings. The summed E-state index contributed by atoms with van der Waals surface area (Å²) in [5, 5.41) is 26.2. The first-order valence-electron chi connectivity index (χ1n) is 10.5. The van der Waals surface area contributed by atoms with Crippen LogP contribution in [0.4, 0.5) is 13.2 Å².